The lowest BCUT2D eigenvalue weighted by atomic mass is 9.45. The Morgan fingerprint density at radius 3 is 2.53 bits per heavy atom. The van der Waals surface area contributed by atoms with Gasteiger partial charge in [0.05, 0.1) is 0 Å². The van der Waals surface area contributed by atoms with Gasteiger partial charge in [0.2, 0.25) is 0 Å². The van der Waals surface area contributed by atoms with E-state index in [2.05, 4.69) is 27.7 Å². The smallest absolute Gasteiger partial charge is 0.161 e. The van der Waals surface area contributed by atoms with Crippen molar-refractivity contribution in [1.82, 2.24) is 0 Å². The summed E-state index contributed by atoms with van der Waals surface area (Å²) in [5, 5.41) is 0. The third-order valence-electron chi connectivity index (χ3n) is 5.60. The predicted molar refractivity (Wildman–Crippen MR) is 60.4 cm³/mol. The normalized spacial score (nSPS) is 46.5. The van der Waals surface area contributed by atoms with Crippen LogP contribution in [0, 0.1) is 29.1 Å². The van der Waals surface area contributed by atoms with Crippen molar-refractivity contribution in [3.05, 3.63) is 11.1 Å². The van der Waals surface area contributed by atoms with E-state index in [9.17, 15) is 4.79 Å². The lowest BCUT2D eigenvalue weighted by molar-refractivity contribution is -0.119. The van der Waals surface area contributed by atoms with Crippen molar-refractivity contribution < 1.29 is 4.79 Å². The SMILES string of the molecule is CC1=C2C(CC3CC2C3(C)C)C(C)C1=O. The predicted octanol–water partition coefficient (Wildman–Crippen LogP) is 3.20. The van der Waals surface area contributed by atoms with Gasteiger partial charge in [0, 0.05) is 5.92 Å². The largest absolute Gasteiger partial charge is 0.294 e. The Balaban J connectivity index is 2.07. The Hall–Kier alpha value is -0.590. The maximum atomic E-state index is 12.0. The van der Waals surface area contributed by atoms with Crippen LogP contribution in [0.2, 0.25) is 0 Å². The van der Waals surface area contributed by atoms with Gasteiger partial charge in [-0.05, 0) is 48.5 Å². The molecule has 0 aromatic heterocycles. The van der Waals surface area contributed by atoms with Crippen molar-refractivity contribution in [2.75, 3.05) is 0 Å². The Morgan fingerprint density at radius 1 is 1.27 bits per heavy atom. The van der Waals surface area contributed by atoms with Gasteiger partial charge in [-0.25, -0.2) is 0 Å². The summed E-state index contributed by atoms with van der Waals surface area (Å²) < 4.78 is 0. The number of Topliss-reactive ketones (excluding diaryl/α,β-unsaturated/α-hetero) is 1. The molecule has 0 N–H and O–H groups in total. The molecule has 0 aromatic rings. The second-order valence-electron chi connectivity index (χ2n) is 6.38. The lowest BCUT2D eigenvalue weighted by Gasteiger charge is -2.60. The fourth-order valence-electron chi connectivity index (χ4n) is 4.32. The zero-order chi connectivity index (χ0) is 11.0. The van der Waals surface area contributed by atoms with Crippen LogP contribution >= 0.6 is 0 Å². The number of rotatable bonds is 0. The van der Waals surface area contributed by atoms with Gasteiger partial charge in [0.25, 0.3) is 0 Å². The van der Waals surface area contributed by atoms with Crippen LogP contribution < -0.4 is 0 Å². The lowest BCUT2D eigenvalue weighted by Crippen LogP contribution is -2.52. The third-order valence-corrected chi connectivity index (χ3v) is 5.60. The summed E-state index contributed by atoms with van der Waals surface area (Å²) in [6, 6.07) is 0. The van der Waals surface area contributed by atoms with E-state index >= 15 is 0 Å². The molecule has 15 heavy (non-hydrogen) atoms. The van der Waals surface area contributed by atoms with Gasteiger partial charge in [-0.3, -0.25) is 4.79 Å². The van der Waals surface area contributed by atoms with Crippen LogP contribution in [-0.4, -0.2) is 5.78 Å². The minimum atomic E-state index is 0.279. The van der Waals surface area contributed by atoms with Crippen LogP contribution in [-0.2, 0) is 4.79 Å². The van der Waals surface area contributed by atoms with E-state index < -0.39 is 0 Å². The summed E-state index contributed by atoms with van der Waals surface area (Å²) in [6.07, 6.45) is 2.61. The van der Waals surface area contributed by atoms with Crippen molar-refractivity contribution in [2.24, 2.45) is 29.1 Å². The van der Waals surface area contributed by atoms with E-state index in [1.165, 1.54) is 12.8 Å². The highest BCUT2D eigenvalue weighted by Gasteiger charge is 2.59. The molecule has 4 aliphatic rings. The average molecular weight is 204 g/mol. The quantitative estimate of drug-likeness (QED) is 0.592. The first kappa shape index (κ1) is 9.62. The Morgan fingerprint density at radius 2 is 1.93 bits per heavy atom. The molecule has 0 heterocycles. The standard InChI is InChI=1S/C14H20O/c1-7-10-5-9-6-11(14(9,3)4)12(10)8(2)13(7)15/h7,9-11H,5-6H2,1-4H3. The maximum absolute atomic E-state index is 12.0. The van der Waals surface area contributed by atoms with Crippen molar-refractivity contribution in [2.45, 2.75) is 40.5 Å². The van der Waals surface area contributed by atoms with Crippen molar-refractivity contribution in [1.29, 1.82) is 0 Å². The molecule has 4 unspecified atom stereocenters. The van der Waals surface area contributed by atoms with Gasteiger partial charge >= 0.3 is 0 Å². The van der Waals surface area contributed by atoms with E-state index in [4.69, 9.17) is 0 Å². The molecule has 0 radical (unpaired) electrons. The van der Waals surface area contributed by atoms with Gasteiger partial charge < -0.3 is 0 Å². The van der Waals surface area contributed by atoms with Crippen molar-refractivity contribution in [3.8, 4) is 0 Å². The third kappa shape index (κ3) is 0.926. The molecule has 1 heteroatoms. The summed E-state index contributed by atoms with van der Waals surface area (Å²) in [4.78, 5) is 12.0. The van der Waals surface area contributed by atoms with Crippen LogP contribution in [0.1, 0.15) is 40.5 Å². The zero-order valence-corrected chi connectivity index (χ0v) is 10.1. The first-order valence-corrected chi connectivity index (χ1v) is 6.19. The topological polar surface area (TPSA) is 17.1 Å². The number of allylic oxidation sites excluding steroid dienone is 2. The van der Waals surface area contributed by atoms with Gasteiger partial charge in [0.1, 0.15) is 0 Å². The van der Waals surface area contributed by atoms with Crippen LogP contribution in [0.25, 0.3) is 0 Å². The summed E-state index contributed by atoms with van der Waals surface area (Å²) in [6.45, 7) is 8.95. The second-order valence-corrected chi connectivity index (χ2v) is 6.38. The summed E-state index contributed by atoms with van der Waals surface area (Å²) in [7, 11) is 0. The van der Waals surface area contributed by atoms with E-state index in [1.54, 1.807) is 5.57 Å². The highest BCUT2D eigenvalue weighted by Crippen LogP contribution is 2.66. The second kappa shape index (κ2) is 2.56. The molecule has 0 saturated heterocycles. The molecule has 4 atom stereocenters. The fraction of sp³-hybridized carbons (Fsp3) is 0.786. The molecule has 4 aliphatic carbocycles. The van der Waals surface area contributed by atoms with Gasteiger partial charge in [0.15, 0.2) is 5.78 Å². The highest BCUT2D eigenvalue weighted by atomic mass is 16.1. The number of carbonyl (C=O) groups is 1. The molecule has 1 nitrogen and oxygen atoms in total. The van der Waals surface area contributed by atoms with E-state index in [0.29, 0.717) is 17.1 Å². The Kier molecular flexibility index (Phi) is 1.64. The molecular weight excluding hydrogens is 184 g/mol. The van der Waals surface area contributed by atoms with Gasteiger partial charge in [-0.2, -0.15) is 0 Å². The molecule has 0 aromatic carbocycles. The molecule has 82 valence electrons. The summed E-state index contributed by atoms with van der Waals surface area (Å²) in [5.74, 6) is 2.90. The molecule has 3 fully saturated rings. The van der Waals surface area contributed by atoms with Crippen LogP contribution in [0.15, 0.2) is 11.1 Å². The highest BCUT2D eigenvalue weighted by molar-refractivity contribution is 6.00. The summed E-state index contributed by atoms with van der Waals surface area (Å²) >= 11 is 0. The first-order chi connectivity index (χ1) is 6.94. The van der Waals surface area contributed by atoms with Crippen LogP contribution in [0.3, 0.4) is 0 Å². The number of hydrogen-bond acceptors (Lipinski definition) is 1. The number of ketones is 1. The van der Waals surface area contributed by atoms with Crippen molar-refractivity contribution >= 4 is 5.78 Å². The van der Waals surface area contributed by atoms with E-state index in [1.807, 2.05) is 0 Å². The maximum Gasteiger partial charge on any atom is 0.161 e. The molecule has 2 bridgehead atoms. The monoisotopic (exact) mass is 204 g/mol. The van der Waals surface area contributed by atoms with Crippen LogP contribution in [0.5, 0.6) is 0 Å². The van der Waals surface area contributed by atoms with E-state index in [-0.39, 0.29) is 5.92 Å². The van der Waals surface area contributed by atoms with Crippen LogP contribution in [0.4, 0.5) is 0 Å². The van der Waals surface area contributed by atoms with E-state index in [0.717, 1.165) is 17.4 Å². The number of carbonyl (C=O) groups excluding carboxylic acids is 1. The molecule has 3 saturated carbocycles. The number of hydrogen-bond donors (Lipinski definition) is 0. The average Bonchev–Trinajstić information content (AvgIpc) is 2.44. The van der Waals surface area contributed by atoms with Crippen molar-refractivity contribution in [3.63, 3.8) is 0 Å². The fourth-order valence-corrected chi connectivity index (χ4v) is 4.32. The molecule has 0 amide bonds. The van der Waals surface area contributed by atoms with Gasteiger partial charge in [-0.15, -0.1) is 0 Å². The molecular formula is C14H20O. The Labute approximate surface area is 91.9 Å². The Bertz CT molecular complexity index is 375. The molecule has 0 spiro atoms. The minimum Gasteiger partial charge on any atom is -0.294 e. The van der Waals surface area contributed by atoms with Gasteiger partial charge in [-0.1, -0.05) is 26.3 Å². The first-order valence-electron chi connectivity index (χ1n) is 6.19. The minimum absolute atomic E-state index is 0.279. The molecule has 4 rings (SSSR count). The molecule has 0 aliphatic heterocycles. The zero-order valence-electron chi connectivity index (χ0n) is 10.1. The summed E-state index contributed by atoms with van der Waals surface area (Å²) in [5.41, 5.74) is 3.13.